The van der Waals surface area contributed by atoms with Crippen LogP contribution in [0.5, 0.6) is 11.5 Å². The van der Waals surface area contributed by atoms with Crippen molar-refractivity contribution in [3.63, 3.8) is 0 Å². The van der Waals surface area contributed by atoms with Gasteiger partial charge in [-0.05, 0) is 63.9 Å². The van der Waals surface area contributed by atoms with Crippen LogP contribution in [-0.2, 0) is 0 Å². The third kappa shape index (κ3) is 3.55. The molecule has 0 saturated carbocycles. The number of hydrogen-bond acceptors (Lipinski definition) is 3. The molecule has 0 N–H and O–H groups in total. The molecule has 0 atom stereocenters. The van der Waals surface area contributed by atoms with E-state index in [1.165, 1.54) is 0 Å². The zero-order valence-corrected chi connectivity index (χ0v) is 24.1. The molecule has 0 amide bonds. The molecule has 4 heterocycles. The number of furan rings is 1. The van der Waals surface area contributed by atoms with Gasteiger partial charge in [0.2, 0.25) is 0 Å². The Bertz CT molecular complexity index is 4060. The molecule has 47 heavy (non-hydrogen) atoms. The number of fused-ring (bicyclic) bond motifs is 10. The zero-order chi connectivity index (χ0) is 51.5. The van der Waals surface area contributed by atoms with Gasteiger partial charge in [0.15, 0.2) is 0 Å². The third-order valence-corrected chi connectivity index (χ3v) is 9.35. The highest BCUT2D eigenvalue weighted by Gasteiger charge is 2.39. The summed E-state index contributed by atoms with van der Waals surface area (Å²) in [4.78, 5) is -0.276. The lowest BCUT2D eigenvalue weighted by Crippen LogP contribution is -2.46. The van der Waals surface area contributed by atoms with Crippen LogP contribution in [0.15, 0.2) is 154 Å². The first kappa shape index (κ1) is 11.9. The molecule has 0 radical (unpaired) electrons. The second-order valence-corrected chi connectivity index (χ2v) is 11.7. The molecule has 11 rings (SSSR count). The van der Waals surface area contributed by atoms with Crippen molar-refractivity contribution in [3.8, 4) is 39.4 Å². The monoisotopic (exact) mass is 641 g/mol. The highest BCUT2D eigenvalue weighted by Crippen LogP contribution is 2.47. The minimum Gasteiger partial charge on any atom is -0.458 e. The van der Waals surface area contributed by atoms with Crippen LogP contribution < -0.4 is 15.7 Å². The van der Waals surface area contributed by atoms with E-state index in [1.807, 2.05) is 0 Å². The Morgan fingerprint density at radius 3 is 2.15 bits per heavy atom. The van der Waals surface area contributed by atoms with Gasteiger partial charge < -0.3 is 13.7 Å². The SMILES string of the molecule is [2H]c1c([2H])c([2H])c2c(c1[2H])Oc1c([2H])c(-n3c4c([2H])c([2H])c([2H])c([2H])c4c4c([2H])c([2H])c([2H])c([2H])c43)c([2H])c3c1B2Sc1c([2H])c(-c2c([2H])c([2H])c([2H])c4c2oc2c([2H])c([2H])c([2H])c([2H])c24)c([2H])c([2H])c1-3. The van der Waals surface area contributed by atoms with E-state index in [9.17, 15) is 6.85 Å². The number of ether oxygens (including phenoxy) is 1. The van der Waals surface area contributed by atoms with E-state index in [-0.39, 0.29) is 37.7 Å². The smallest absolute Gasteiger partial charge is 0.289 e. The van der Waals surface area contributed by atoms with E-state index in [4.69, 9.17) is 35.2 Å². The summed E-state index contributed by atoms with van der Waals surface area (Å²) in [6, 6.07) is -17.9. The fourth-order valence-electron chi connectivity index (χ4n) is 6.13. The maximum Gasteiger partial charge on any atom is 0.289 e. The summed E-state index contributed by atoms with van der Waals surface area (Å²) in [5.41, 5.74) is -4.84. The summed E-state index contributed by atoms with van der Waals surface area (Å²) in [7, 11) is 0. The maximum absolute atomic E-state index is 10.1. The molecule has 2 aromatic heterocycles. The predicted molar refractivity (Wildman–Crippen MR) is 196 cm³/mol. The van der Waals surface area contributed by atoms with Crippen LogP contribution in [0.2, 0.25) is 0 Å². The van der Waals surface area contributed by atoms with Crippen LogP contribution in [0.25, 0.3) is 71.7 Å². The Morgan fingerprint density at radius 2 is 1.30 bits per heavy atom. The van der Waals surface area contributed by atoms with Crippen molar-refractivity contribution in [2.24, 2.45) is 0 Å². The van der Waals surface area contributed by atoms with Gasteiger partial charge in [-0.2, -0.15) is 11.6 Å². The fourth-order valence-corrected chi connectivity index (χ4v) is 7.42. The normalized spacial score (nSPS) is 20.3. The van der Waals surface area contributed by atoms with Gasteiger partial charge in [0.1, 0.15) is 22.7 Å². The van der Waals surface area contributed by atoms with Crippen LogP contribution in [-0.4, -0.2) is 10.6 Å². The predicted octanol–water partition coefficient (Wildman–Crippen LogP) is 10.3. The summed E-state index contributed by atoms with van der Waals surface area (Å²) in [6.45, 7) is 0. The number of rotatable bonds is 2. The average Bonchev–Trinajstić information content (AvgIpc) is 3.92. The van der Waals surface area contributed by atoms with Crippen LogP contribution in [0.3, 0.4) is 0 Å². The number of hydrogen-bond donors (Lipinski definition) is 0. The summed E-state index contributed by atoms with van der Waals surface area (Å²) in [5.74, 6) is -2.44. The van der Waals surface area contributed by atoms with Crippen LogP contribution in [0.1, 0.15) is 32.9 Å². The second kappa shape index (κ2) is 9.44. The van der Waals surface area contributed by atoms with Crippen molar-refractivity contribution < 1.29 is 42.1 Å². The number of benzene rings is 7. The van der Waals surface area contributed by atoms with Crippen molar-refractivity contribution >= 4 is 72.3 Å². The van der Waals surface area contributed by atoms with Gasteiger partial charge >= 0.3 is 0 Å². The molecule has 0 spiro atoms. The second-order valence-electron chi connectivity index (χ2n) is 10.6. The Morgan fingerprint density at radius 1 is 0.574 bits per heavy atom. The molecule has 0 unspecified atom stereocenters. The van der Waals surface area contributed by atoms with Gasteiger partial charge in [0, 0.05) is 38.0 Å². The van der Waals surface area contributed by atoms with Crippen LogP contribution >= 0.6 is 11.6 Å². The molecule has 0 bridgehead atoms. The molecule has 7 aromatic carbocycles. The minimum atomic E-state index is -1.42. The van der Waals surface area contributed by atoms with Crippen molar-refractivity contribution in [1.82, 2.24) is 4.57 Å². The summed E-state index contributed by atoms with van der Waals surface area (Å²) < 4.78 is 228. The van der Waals surface area contributed by atoms with Crippen LogP contribution in [0, 0.1) is 0 Å². The molecule has 2 aliphatic rings. The number of aromatic nitrogens is 1. The maximum atomic E-state index is 10.1. The van der Waals surface area contributed by atoms with Gasteiger partial charge in [-0.15, -0.1) is 0 Å². The molecule has 9 aromatic rings. The van der Waals surface area contributed by atoms with Crippen molar-refractivity contribution in [1.29, 1.82) is 0 Å². The molecule has 0 aliphatic carbocycles. The summed E-state index contributed by atoms with van der Waals surface area (Å²) in [6.07, 6.45) is 0. The standard InChI is InChI=1S/C42H24BNO2S/c1-5-16-35-28(10-1)29-11-2-6-17-36(29)44(35)26-23-33-31-21-20-25(27-13-9-14-32-30-12-3-7-18-37(30)46-42(27)32)22-40(31)47-43-34-15-4-8-19-38(34)45-39(24-26)41(33)43/h1-24H/i1D,2D,3D,4D,5D,6D,7D,8D,9D,10D,11D,12D,13D,14D,15D,16D,17D,18D,19D,20D,21D,22D,23D,24D. The number of nitrogens with zero attached hydrogens (tertiary/aromatic N) is 1. The largest absolute Gasteiger partial charge is 0.458 e. The third-order valence-electron chi connectivity index (χ3n) is 8.10. The average molecular weight is 642 g/mol. The Hall–Kier alpha value is -5.65. The van der Waals surface area contributed by atoms with Crippen molar-refractivity contribution in [3.05, 3.63) is 145 Å². The summed E-state index contributed by atoms with van der Waals surface area (Å²) in [5, 5.41) is -1.50. The molecule has 0 fully saturated rings. The summed E-state index contributed by atoms with van der Waals surface area (Å²) >= 11 is 0.699. The molecule has 0 saturated heterocycles. The quantitative estimate of drug-likeness (QED) is 0.176. The highest BCUT2D eigenvalue weighted by molar-refractivity contribution is 8.28. The van der Waals surface area contributed by atoms with E-state index < -0.39 is 212 Å². The van der Waals surface area contributed by atoms with E-state index in [0.29, 0.717) is 11.6 Å². The van der Waals surface area contributed by atoms with Gasteiger partial charge in [-0.1, -0.05) is 103 Å². The molecular weight excluding hydrogens is 593 g/mol. The van der Waals surface area contributed by atoms with Gasteiger partial charge in [-0.3, -0.25) is 0 Å². The molecule has 5 heteroatoms. The first-order valence-corrected chi connectivity index (χ1v) is 14.9. The van der Waals surface area contributed by atoms with Crippen molar-refractivity contribution in [2.75, 3.05) is 0 Å². The van der Waals surface area contributed by atoms with E-state index in [0.717, 1.165) is 4.57 Å². The number of para-hydroxylation sites is 5. The van der Waals surface area contributed by atoms with Crippen molar-refractivity contribution in [2.45, 2.75) is 4.90 Å². The van der Waals surface area contributed by atoms with Gasteiger partial charge in [0.25, 0.3) is 5.99 Å². The van der Waals surface area contributed by atoms with E-state index >= 15 is 0 Å². The highest BCUT2D eigenvalue weighted by atomic mass is 32.2. The molecule has 3 nitrogen and oxygen atoms in total. The first-order chi connectivity index (χ1) is 33.3. The Labute approximate surface area is 308 Å². The van der Waals surface area contributed by atoms with Gasteiger partial charge in [0.05, 0.1) is 49.6 Å². The Kier molecular flexibility index (Phi) is 2.38. The van der Waals surface area contributed by atoms with Gasteiger partial charge in [-0.25, -0.2) is 0 Å². The Balaban J connectivity index is 1.34. The van der Waals surface area contributed by atoms with E-state index in [2.05, 4.69) is 0 Å². The molecule has 218 valence electrons. The first-order valence-electron chi connectivity index (χ1n) is 26.0. The lowest BCUT2D eigenvalue weighted by atomic mass is 9.57. The molecular formula is C42H24BNO2S. The molecule has 2 aliphatic heterocycles. The van der Waals surface area contributed by atoms with E-state index in [1.54, 1.807) is 0 Å². The fraction of sp³-hybridized carbons (Fsp3) is 0. The lowest BCUT2D eigenvalue weighted by Gasteiger charge is -2.33. The lowest BCUT2D eigenvalue weighted by molar-refractivity contribution is 0.487. The zero-order valence-electron chi connectivity index (χ0n) is 47.2. The topological polar surface area (TPSA) is 27.3 Å². The van der Waals surface area contributed by atoms with Crippen LogP contribution in [0.4, 0.5) is 0 Å². The minimum absolute atomic E-state index is 0.153.